The predicted octanol–water partition coefficient (Wildman–Crippen LogP) is 1.34. The summed E-state index contributed by atoms with van der Waals surface area (Å²) in [5, 5.41) is 14.4. The number of aromatic nitrogens is 2. The Kier molecular flexibility index (Phi) is 5.70. The first kappa shape index (κ1) is 14.6. The maximum absolute atomic E-state index is 11.7. The fourth-order valence-corrected chi connectivity index (χ4v) is 2.10. The van der Waals surface area contributed by atoms with Gasteiger partial charge in [-0.15, -0.1) is 10.2 Å². The SMILES string of the molecule is CCCCc1nnc(NC(=O)C(C)NC(C)=O)s1. The van der Waals surface area contributed by atoms with Crippen molar-refractivity contribution < 1.29 is 9.59 Å². The molecule has 7 heteroatoms. The minimum atomic E-state index is -0.578. The normalized spacial score (nSPS) is 11.9. The van der Waals surface area contributed by atoms with Crippen LogP contribution in [-0.2, 0) is 16.0 Å². The van der Waals surface area contributed by atoms with Crippen molar-refractivity contribution in [2.45, 2.75) is 46.1 Å². The van der Waals surface area contributed by atoms with E-state index in [1.807, 2.05) is 0 Å². The van der Waals surface area contributed by atoms with E-state index in [4.69, 9.17) is 0 Å². The molecule has 0 aliphatic rings. The zero-order valence-corrected chi connectivity index (χ0v) is 11.6. The number of carbonyl (C=O) groups is 2. The van der Waals surface area contributed by atoms with E-state index in [0.29, 0.717) is 5.13 Å². The van der Waals surface area contributed by atoms with Crippen LogP contribution >= 0.6 is 11.3 Å². The summed E-state index contributed by atoms with van der Waals surface area (Å²) in [5.41, 5.74) is 0. The Labute approximate surface area is 110 Å². The molecule has 0 bridgehead atoms. The quantitative estimate of drug-likeness (QED) is 0.817. The lowest BCUT2D eigenvalue weighted by atomic mass is 10.3. The van der Waals surface area contributed by atoms with Crippen LogP contribution in [0.25, 0.3) is 0 Å². The summed E-state index contributed by atoms with van der Waals surface area (Å²) >= 11 is 1.37. The van der Waals surface area contributed by atoms with Gasteiger partial charge in [0.15, 0.2) is 0 Å². The molecular weight excluding hydrogens is 252 g/mol. The molecule has 1 heterocycles. The number of nitrogens with zero attached hydrogens (tertiary/aromatic N) is 2. The number of rotatable bonds is 6. The molecule has 0 aliphatic carbocycles. The molecule has 1 aromatic rings. The second kappa shape index (κ2) is 7.05. The first-order valence-electron chi connectivity index (χ1n) is 5.93. The number of aryl methyl sites for hydroxylation is 1. The maximum Gasteiger partial charge on any atom is 0.248 e. The van der Waals surface area contributed by atoms with Crippen molar-refractivity contribution in [3.8, 4) is 0 Å². The lowest BCUT2D eigenvalue weighted by Gasteiger charge is -2.10. The topological polar surface area (TPSA) is 84.0 Å². The lowest BCUT2D eigenvalue weighted by molar-refractivity contribution is -0.124. The molecule has 0 aromatic carbocycles. The number of hydrogen-bond donors (Lipinski definition) is 2. The molecule has 100 valence electrons. The number of anilines is 1. The van der Waals surface area contributed by atoms with Gasteiger partial charge in [-0.25, -0.2) is 0 Å². The van der Waals surface area contributed by atoms with Crippen molar-refractivity contribution >= 4 is 28.3 Å². The third kappa shape index (κ3) is 4.79. The van der Waals surface area contributed by atoms with Crippen LogP contribution in [0.1, 0.15) is 38.6 Å². The molecule has 1 atom stereocenters. The van der Waals surface area contributed by atoms with Crippen LogP contribution < -0.4 is 10.6 Å². The molecular formula is C11H18N4O2S. The van der Waals surface area contributed by atoms with Gasteiger partial charge in [0, 0.05) is 13.3 Å². The van der Waals surface area contributed by atoms with Gasteiger partial charge < -0.3 is 5.32 Å². The molecule has 2 N–H and O–H groups in total. The average molecular weight is 270 g/mol. The Bertz CT molecular complexity index is 419. The molecule has 0 spiro atoms. The highest BCUT2D eigenvalue weighted by Crippen LogP contribution is 2.17. The van der Waals surface area contributed by atoms with E-state index in [1.54, 1.807) is 6.92 Å². The number of hydrogen-bond acceptors (Lipinski definition) is 5. The Hall–Kier alpha value is -1.50. The van der Waals surface area contributed by atoms with Gasteiger partial charge in [-0.2, -0.15) is 0 Å². The van der Waals surface area contributed by atoms with E-state index in [-0.39, 0.29) is 11.8 Å². The van der Waals surface area contributed by atoms with E-state index < -0.39 is 6.04 Å². The monoisotopic (exact) mass is 270 g/mol. The standard InChI is InChI=1S/C11H18N4O2S/c1-4-5-6-9-14-15-11(18-9)13-10(17)7(2)12-8(3)16/h7H,4-6H2,1-3H3,(H,12,16)(H,13,15,17). The summed E-state index contributed by atoms with van der Waals surface area (Å²) in [7, 11) is 0. The minimum absolute atomic E-state index is 0.237. The molecule has 1 aromatic heterocycles. The first-order chi connectivity index (χ1) is 8.52. The van der Waals surface area contributed by atoms with Crippen LogP contribution in [0.15, 0.2) is 0 Å². The molecule has 6 nitrogen and oxygen atoms in total. The molecule has 2 amide bonds. The molecule has 0 saturated carbocycles. The largest absolute Gasteiger partial charge is 0.345 e. The minimum Gasteiger partial charge on any atom is -0.345 e. The van der Waals surface area contributed by atoms with Gasteiger partial charge in [0.25, 0.3) is 0 Å². The Balaban J connectivity index is 2.48. The highest BCUT2D eigenvalue weighted by atomic mass is 32.1. The number of unbranched alkanes of at least 4 members (excludes halogenated alkanes) is 1. The molecule has 0 saturated heterocycles. The van der Waals surface area contributed by atoms with Gasteiger partial charge in [-0.3, -0.25) is 14.9 Å². The molecule has 0 fully saturated rings. The molecule has 0 aliphatic heterocycles. The Morgan fingerprint density at radius 3 is 2.72 bits per heavy atom. The van der Waals surface area contributed by atoms with Gasteiger partial charge in [0.1, 0.15) is 11.0 Å². The molecule has 0 radical (unpaired) electrons. The van der Waals surface area contributed by atoms with E-state index in [1.165, 1.54) is 18.3 Å². The predicted molar refractivity (Wildman–Crippen MR) is 70.4 cm³/mol. The summed E-state index contributed by atoms with van der Waals surface area (Å²) in [6.07, 6.45) is 3.04. The van der Waals surface area contributed by atoms with Crippen molar-refractivity contribution in [3.63, 3.8) is 0 Å². The maximum atomic E-state index is 11.7. The third-order valence-corrected chi connectivity index (χ3v) is 3.15. The van der Waals surface area contributed by atoms with Crippen molar-refractivity contribution in [2.75, 3.05) is 5.32 Å². The fraction of sp³-hybridized carbons (Fsp3) is 0.636. The second-order valence-electron chi connectivity index (χ2n) is 4.02. The second-order valence-corrected chi connectivity index (χ2v) is 5.08. The molecule has 1 rings (SSSR count). The van der Waals surface area contributed by atoms with E-state index in [9.17, 15) is 9.59 Å². The van der Waals surface area contributed by atoms with Crippen molar-refractivity contribution in [2.24, 2.45) is 0 Å². The van der Waals surface area contributed by atoms with Crippen LogP contribution in [-0.4, -0.2) is 28.1 Å². The van der Waals surface area contributed by atoms with Crippen molar-refractivity contribution in [3.05, 3.63) is 5.01 Å². The third-order valence-electron chi connectivity index (χ3n) is 2.25. The van der Waals surface area contributed by atoms with Crippen LogP contribution in [0.5, 0.6) is 0 Å². The summed E-state index contributed by atoms with van der Waals surface area (Å²) in [4.78, 5) is 22.5. The summed E-state index contributed by atoms with van der Waals surface area (Å²) in [6.45, 7) is 5.10. The summed E-state index contributed by atoms with van der Waals surface area (Å²) in [6, 6.07) is -0.578. The number of carbonyl (C=O) groups excluding carboxylic acids is 2. The van der Waals surface area contributed by atoms with Gasteiger partial charge in [0.2, 0.25) is 16.9 Å². The van der Waals surface area contributed by atoms with E-state index in [2.05, 4.69) is 27.8 Å². The van der Waals surface area contributed by atoms with Crippen molar-refractivity contribution in [1.29, 1.82) is 0 Å². The molecule has 1 unspecified atom stereocenters. The van der Waals surface area contributed by atoms with Crippen LogP contribution in [0.2, 0.25) is 0 Å². The lowest BCUT2D eigenvalue weighted by Crippen LogP contribution is -2.40. The Morgan fingerprint density at radius 1 is 1.39 bits per heavy atom. The Morgan fingerprint density at radius 2 is 2.11 bits per heavy atom. The highest BCUT2D eigenvalue weighted by molar-refractivity contribution is 7.15. The zero-order valence-electron chi connectivity index (χ0n) is 10.8. The highest BCUT2D eigenvalue weighted by Gasteiger charge is 2.15. The average Bonchev–Trinajstić information content (AvgIpc) is 2.73. The summed E-state index contributed by atoms with van der Waals surface area (Å²) in [5.74, 6) is -0.526. The smallest absolute Gasteiger partial charge is 0.248 e. The van der Waals surface area contributed by atoms with Gasteiger partial charge >= 0.3 is 0 Å². The van der Waals surface area contributed by atoms with E-state index in [0.717, 1.165) is 24.3 Å². The zero-order chi connectivity index (χ0) is 13.5. The number of amides is 2. The van der Waals surface area contributed by atoms with Gasteiger partial charge in [-0.1, -0.05) is 24.7 Å². The molecule has 18 heavy (non-hydrogen) atoms. The van der Waals surface area contributed by atoms with Gasteiger partial charge in [0.05, 0.1) is 0 Å². The first-order valence-corrected chi connectivity index (χ1v) is 6.75. The van der Waals surface area contributed by atoms with Crippen LogP contribution in [0.3, 0.4) is 0 Å². The fourth-order valence-electron chi connectivity index (χ4n) is 1.32. The van der Waals surface area contributed by atoms with Gasteiger partial charge in [-0.05, 0) is 13.3 Å². The van der Waals surface area contributed by atoms with E-state index >= 15 is 0 Å². The summed E-state index contributed by atoms with van der Waals surface area (Å²) < 4.78 is 0. The van der Waals surface area contributed by atoms with Crippen LogP contribution in [0, 0.1) is 0 Å². The van der Waals surface area contributed by atoms with Crippen molar-refractivity contribution in [1.82, 2.24) is 15.5 Å². The van der Waals surface area contributed by atoms with Crippen LogP contribution in [0.4, 0.5) is 5.13 Å². The number of nitrogens with one attached hydrogen (secondary N) is 2.